The maximum absolute atomic E-state index is 11.3. The topological polar surface area (TPSA) is 91.6 Å². The first kappa shape index (κ1) is 17.1. The minimum absolute atomic E-state index is 0.133. The second-order valence-corrected chi connectivity index (χ2v) is 5.78. The van der Waals surface area contributed by atoms with E-state index in [9.17, 15) is 14.7 Å². The summed E-state index contributed by atoms with van der Waals surface area (Å²) >= 11 is 1.38. The van der Waals surface area contributed by atoms with Crippen molar-refractivity contribution in [2.24, 2.45) is 0 Å². The lowest BCUT2D eigenvalue weighted by atomic mass is 10.3. The summed E-state index contributed by atoms with van der Waals surface area (Å²) < 4.78 is 1.72. The molecule has 1 heterocycles. The van der Waals surface area contributed by atoms with Gasteiger partial charge in [-0.3, -0.25) is 14.9 Å². The van der Waals surface area contributed by atoms with E-state index >= 15 is 0 Å². The molecule has 7 heteroatoms. The van der Waals surface area contributed by atoms with Gasteiger partial charge in [0.15, 0.2) is 5.75 Å². The molecule has 6 nitrogen and oxygen atoms in total. The predicted molar refractivity (Wildman–Crippen MR) is 82.5 cm³/mol. The third-order valence-electron chi connectivity index (χ3n) is 2.99. The highest BCUT2D eigenvalue weighted by Crippen LogP contribution is 2.25. The Morgan fingerprint density at radius 2 is 2.29 bits per heavy atom. The molecule has 0 radical (unpaired) electrons. The van der Waals surface area contributed by atoms with E-state index in [1.54, 1.807) is 17.7 Å². The third-order valence-corrected chi connectivity index (χ3v) is 4.23. The predicted octanol–water partition coefficient (Wildman–Crippen LogP) is 0.790. The van der Waals surface area contributed by atoms with Gasteiger partial charge in [0.25, 0.3) is 0 Å². The number of aromatic nitrogens is 1. The molecule has 0 fully saturated rings. The number of terminal acetylenes is 1. The maximum atomic E-state index is 11.3. The van der Waals surface area contributed by atoms with Gasteiger partial charge in [0.2, 0.25) is 5.43 Å². The molecule has 1 aromatic rings. The summed E-state index contributed by atoms with van der Waals surface area (Å²) in [6.45, 7) is 3.69. The quantitative estimate of drug-likeness (QED) is 0.645. The Morgan fingerprint density at radius 1 is 1.62 bits per heavy atom. The third kappa shape index (κ3) is 4.55. The first-order chi connectivity index (χ1) is 9.88. The smallest absolute Gasteiger partial charge is 0.321 e. The summed E-state index contributed by atoms with van der Waals surface area (Å²) in [5.41, 5.74) is 0.0195. The largest absolute Gasteiger partial charge is 0.503 e. The van der Waals surface area contributed by atoms with Gasteiger partial charge < -0.3 is 14.8 Å². The molecule has 0 aliphatic heterocycles. The lowest BCUT2D eigenvalue weighted by Crippen LogP contribution is -2.39. The fourth-order valence-corrected chi connectivity index (χ4v) is 2.87. The number of hydrogen-bond donors (Lipinski definition) is 3. The number of carboxylic acid groups (broad SMARTS) is 1. The van der Waals surface area contributed by atoms with Crippen LogP contribution < -0.4 is 10.7 Å². The van der Waals surface area contributed by atoms with Gasteiger partial charge in [0.1, 0.15) is 6.04 Å². The average molecular weight is 310 g/mol. The molecule has 0 aliphatic carbocycles. The van der Waals surface area contributed by atoms with Crippen LogP contribution in [-0.4, -0.2) is 39.1 Å². The van der Waals surface area contributed by atoms with Gasteiger partial charge in [-0.1, -0.05) is 5.92 Å². The number of pyridine rings is 1. The van der Waals surface area contributed by atoms with Crippen LogP contribution in [0.25, 0.3) is 0 Å². The van der Waals surface area contributed by atoms with E-state index in [0.717, 1.165) is 0 Å². The first-order valence-corrected chi connectivity index (χ1v) is 7.35. The molecule has 21 heavy (non-hydrogen) atoms. The van der Waals surface area contributed by atoms with Crippen LogP contribution in [0, 0.1) is 19.3 Å². The average Bonchev–Trinajstić information content (AvgIpc) is 2.44. The Morgan fingerprint density at radius 3 is 2.86 bits per heavy atom. The van der Waals surface area contributed by atoms with Crippen molar-refractivity contribution in [1.82, 2.24) is 9.88 Å². The number of thioether (sulfide) groups is 1. The minimum Gasteiger partial charge on any atom is -0.503 e. The molecule has 0 aliphatic rings. The summed E-state index contributed by atoms with van der Waals surface area (Å²) in [5, 5.41) is 21.3. The molecule has 0 amide bonds. The lowest BCUT2D eigenvalue weighted by molar-refractivity contribution is -0.138. The molecular weight excluding hydrogens is 292 g/mol. The van der Waals surface area contributed by atoms with Crippen LogP contribution in [0.15, 0.2) is 17.1 Å². The van der Waals surface area contributed by atoms with Gasteiger partial charge in [-0.15, -0.1) is 18.2 Å². The standard InChI is InChI=1S/C14H18N2O4S/c1-4-6-15-11(14(19)20)8-21-10(3)16-7-5-12(17)13(18)9(16)2/h1,5,7,10-11,15,18H,6,8H2,2-3H3,(H,19,20). The molecule has 0 saturated carbocycles. The van der Waals surface area contributed by atoms with Crippen LogP contribution in [0.5, 0.6) is 5.75 Å². The lowest BCUT2D eigenvalue weighted by Gasteiger charge is -2.21. The first-order valence-electron chi connectivity index (χ1n) is 6.30. The van der Waals surface area contributed by atoms with Crippen LogP contribution >= 0.6 is 11.8 Å². The summed E-state index contributed by atoms with van der Waals surface area (Å²) in [7, 11) is 0. The van der Waals surface area contributed by atoms with Crippen molar-refractivity contribution in [3.63, 3.8) is 0 Å². The number of carbonyl (C=O) groups is 1. The van der Waals surface area contributed by atoms with E-state index in [0.29, 0.717) is 11.4 Å². The molecule has 1 aromatic heterocycles. The molecule has 2 unspecified atom stereocenters. The fraction of sp³-hybridized carbons (Fsp3) is 0.429. The minimum atomic E-state index is -0.968. The van der Waals surface area contributed by atoms with Gasteiger partial charge in [0, 0.05) is 18.0 Å². The van der Waals surface area contributed by atoms with Gasteiger partial charge in [0.05, 0.1) is 17.6 Å². The van der Waals surface area contributed by atoms with Crippen LogP contribution in [0.1, 0.15) is 18.0 Å². The number of hydrogen-bond acceptors (Lipinski definition) is 5. The Hall–Kier alpha value is -1.91. The number of nitrogens with one attached hydrogen (secondary N) is 1. The Kier molecular flexibility index (Phi) is 6.34. The molecule has 0 spiro atoms. The normalized spacial score (nSPS) is 13.4. The summed E-state index contributed by atoms with van der Waals surface area (Å²) in [6, 6.07) is 0.534. The van der Waals surface area contributed by atoms with Crippen molar-refractivity contribution in [1.29, 1.82) is 0 Å². The Labute approximate surface area is 127 Å². The van der Waals surface area contributed by atoms with Crippen molar-refractivity contribution in [2.75, 3.05) is 12.3 Å². The summed E-state index contributed by atoms with van der Waals surface area (Å²) in [5.74, 6) is 1.39. The van der Waals surface area contributed by atoms with E-state index in [1.807, 2.05) is 6.92 Å². The second kappa shape index (κ2) is 7.76. The van der Waals surface area contributed by atoms with Gasteiger partial charge in [-0.25, -0.2) is 0 Å². The zero-order valence-corrected chi connectivity index (χ0v) is 12.7. The Balaban J connectivity index is 2.75. The van der Waals surface area contributed by atoms with Gasteiger partial charge >= 0.3 is 5.97 Å². The number of aliphatic carboxylic acids is 1. The van der Waals surface area contributed by atoms with E-state index in [4.69, 9.17) is 11.5 Å². The number of carboxylic acids is 1. The molecule has 1 rings (SSSR count). The van der Waals surface area contributed by atoms with Crippen molar-refractivity contribution in [3.8, 4) is 18.1 Å². The van der Waals surface area contributed by atoms with Gasteiger partial charge in [-0.2, -0.15) is 0 Å². The van der Waals surface area contributed by atoms with Crippen LogP contribution in [0.4, 0.5) is 0 Å². The highest BCUT2D eigenvalue weighted by atomic mass is 32.2. The van der Waals surface area contributed by atoms with Gasteiger partial charge in [-0.05, 0) is 13.8 Å². The van der Waals surface area contributed by atoms with Crippen molar-refractivity contribution in [3.05, 3.63) is 28.2 Å². The number of rotatable bonds is 7. The van der Waals surface area contributed by atoms with E-state index in [-0.39, 0.29) is 17.7 Å². The molecule has 0 aromatic carbocycles. The molecule has 0 saturated heterocycles. The zero-order chi connectivity index (χ0) is 16.0. The number of aromatic hydroxyl groups is 1. The highest BCUT2D eigenvalue weighted by molar-refractivity contribution is 7.99. The van der Waals surface area contributed by atoms with Crippen molar-refractivity contribution < 1.29 is 15.0 Å². The van der Waals surface area contributed by atoms with Crippen molar-refractivity contribution in [2.45, 2.75) is 25.3 Å². The van der Waals surface area contributed by atoms with Crippen LogP contribution in [0.3, 0.4) is 0 Å². The second-order valence-electron chi connectivity index (χ2n) is 4.43. The maximum Gasteiger partial charge on any atom is 0.321 e. The van der Waals surface area contributed by atoms with Crippen LogP contribution in [0.2, 0.25) is 0 Å². The fourth-order valence-electron chi connectivity index (χ4n) is 1.75. The number of nitrogens with zero attached hydrogens (tertiary/aromatic N) is 1. The molecule has 2 atom stereocenters. The van der Waals surface area contributed by atoms with E-state index in [2.05, 4.69) is 11.2 Å². The van der Waals surface area contributed by atoms with E-state index < -0.39 is 17.4 Å². The molecule has 3 N–H and O–H groups in total. The van der Waals surface area contributed by atoms with E-state index in [1.165, 1.54) is 17.8 Å². The highest BCUT2D eigenvalue weighted by Gasteiger charge is 2.19. The van der Waals surface area contributed by atoms with Crippen LogP contribution in [-0.2, 0) is 4.79 Å². The monoisotopic (exact) mass is 310 g/mol. The molecular formula is C14H18N2O4S. The summed E-state index contributed by atoms with van der Waals surface area (Å²) in [6.07, 6.45) is 6.68. The zero-order valence-electron chi connectivity index (χ0n) is 11.9. The molecule has 0 bridgehead atoms. The van der Waals surface area contributed by atoms with Crippen molar-refractivity contribution >= 4 is 17.7 Å². The SMILES string of the molecule is C#CCNC(CSC(C)n1ccc(=O)c(O)c1C)C(=O)O. The summed E-state index contributed by atoms with van der Waals surface area (Å²) in [4.78, 5) is 22.4. The molecule has 114 valence electrons. The Bertz CT molecular complexity index is 606.